The lowest BCUT2D eigenvalue weighted by atomic mass is 10.5. The average molecular weight is 288 g/mol. The number of aromatic nitrogens is 3. The molecule has 0 N–H and O–H groups in total. The van der Waals surface area contributed by atoms with Crippen molar-refractivity contribution in [2.75, 3.05) is 0 Å². The third-order valence-electron chi connectivity index (χ3n) is 1.42. The van der Waals surface area contributed by atoms with Crippen molar-refractivity contribution < 1.29 is 0 Å². The van der Waals surface area contributed by atoms with E-state index in [4.69, 9.17) is 0 Å². The molecule has 0 aliphatic heterocycles. The van der Waals surface area contributed by atoms with Gasteiger partial charge in [0, 0.05) is 6.20 Å². The zero-order valence-corrected chi connectivity index (χ0v) is 10.5. The fourth-order valence-corrected chi connectivity index (χ4v) is 2.89. The number of aryl methyl sites for hydroxylation is 1. The van der Waals surface area contributed by atoms with E-state index >= 15 is 0 Å². The van der Waals surface area contributed by atoms with E-state index in [0.717, 1.165) is 19.7 Å². The topological polar surface area (TPSA) is 38.7 Å². The summed E-state index contributed by atoms with van der Waals surface area (Å²) in [7, 11) is 0. The SMILES string of the molecule is Cc1nsc(Sc2ncccc2Br)n1. The number of pyridine rings is 1. The van der Waals surface area contributed by atoms with Crippen molar-refractivity contribution in [1.29, 1.82) is 0 Å². The normalized spacial score (nSPS) is 10.4. The summed E-state index contributed by atoms with van der Waals surface area (Å²) in [5, 5.41) is 0.920. The van der Waals surface area contributed by atoms with Crippen LogP contribution in [0.1, 0.15) is 5.82 Å². The van der Waals surface area contributed by atoms with Gasteiger partial charge in [-0.2, -0.15) is 4.37 Å². The fourth-order valence-electron chi connectivity index (χ4n) is 0.848. The molecule has 0 amide bonds. The first-order chi connectivity index (χ1) is 6.75. The molecule has 14 heavy (non-hydrogen) atoms. The van der Waals surface area contributed by atoms with Crippen LogP contribution in [0.15, 0.2) is 32.2 Å². The standard InChI is InChI=1S/C8H6BrN3S2/c1-5-11-8(14-12-5)13-7-6(9)3-2-4-10-7/h2-4H,1H3. The van der Waals surface area contributed by atoms with Crippen LogP contribution >= 0.6 is 39.2 Å². The van der Waals surface area contributed by atoms with E-state index in [9.17, 15) is 0 Å². The Morgan fingerprint density at radius 2 is 2.36 bits per heavy atom. The van der Waals surface area contributed by atoms with Gasteiger partial charge in [0.15, 0.2) is 4.34 Å². The Labute approximate surface area is 98.3 Å². The largest absolute Gasteiger partial charge is 0.248 e. The molecule has 0 spiro atoms. The second-order valence-electron chi connectivity index (χ2n) is 2.50. The average Bonchev–Trinajstić information content (AvgIpc) is 2.56. The van der Waals surface area contributed by atoms with Crippen LogP contribution in [0, 0.1) is 6.92 Å². The molecule has 0 bridgehead atoms. The van der Waals surface area contributed by atoms with Crippen molar-refractivity contribution in [1.82, 2.24) is 14.3 Å². The maximum Gasteiger partial charge on any atom is 0.176 e. The highest BCUT2D eigenvalue weighted by Crippen LogP contribution is 2.31. The summed E-state index contributed by atoms with van der Waals surface area (Å²) in [5.41, 5.74) is 0. The second kappa shape index (κ2) is 4.37. The number of hydrogen-bond acceptors (Lipinski definition) is 5. The lowest BCUT2D eigenvalue weighted by Crippen LogP contribution is -1.80. The zero-order chi connectivity index (χ0) is 9.97. The van der Waals surface area contributed by atoms with Gasteiger partial charge >= 0.3 is 0 Å². The van der Waals surface area contributed by atoms with E-state index in [-0.39, 0.29) is 0 Å². The predicted molar refractivity (Wildman–Crippen MR) is 60.7 cm³/mol. The van der Waals surface area contributed by atoms with Crippen LogP contribution in [0.5, 0.6) is 0 Å². The molecule has 0 fully saturated rings. The molecule has 0 saturated heterocycles. The highest BCUT2D eigenvalue weighted by atomic mass is 79.9. The summed E-state index contributed by atoms with van der Waals surface area (Å²) in [5.74, 6) is 0.810. The molecule has 0 saturated carbocycles. The van der Waals surface area contributed by atoms with E-state index in [0.29, 0.717) is 0 Å². The van der Waals surface area contributed by atoms with Crippen molar-refractivity contribution in [2.24, 2.45) is 0 Å². The van der Waals surface area contributed by atoms with Gasteiger partial charge in [-0.15, -0.1) is 0 Å². The van der Waals surface area contributed by atoms with Gasteiger partial charge in [-0.1, -0.05) is 0 Å². The number of nitrogens with zero attached hydrogens (tertiary/aromatic N) is 3. The molecular formula is C8H6BrN3S2. The molecule has 2 rings (SSSR count). The molecule has 0 unspecified atom stereocenters. The summed E-state index contributed by atoms with van der Waals surface area (Å²) in [6, 6.07) is 3.85. The molecule has 0 radical (unpaired) electrons. The van der Waals surface area contributed by atoms with Gasteiger partial charge in [-0.3, -0.25) is 0 Å². The summed E-state index contributed by atoms with van der Waals surface area (Å²) in [6.07, 6.45) is 1.76. The van der Waals surface area contributed by atoms with Gasteiger partial charge in [0.2, 0.25) is 0 Å². The van der Waals surface area contributed by atoms with E-state index in [2.05, 4.69) is 30.3 Å². The molecule has 0 aliphatic carbocycles. The van der Waals surface area contributed by atoms with Crippen molar-refractivity contribution >= 4 is 39.2 Å². The number of halogens is 1. The van der Waals surface area contributed by atoms with Gasteiger partial charge in [0.05, 0.1) is 4.47 Å². The third kappa shape index (κ3) is 2.31. The summed E-state index contributed by atoms with van der Waals surface area (Å²) in [4.78, 5) is 8.49. The van der Waals surface area contributed by atoms with Gasteiger partial charge in [0.25, 0.3) is 0 Å². The minimum absolute atomic E-state index is 0.810. The van der Waals surface area contributed by atoms with E-state index in [1.807, 2.05) is 19.1 Å². The van der Waals surface area contributed by atoms with Crippen LogP contribution in [0.4, 0.5) is 0 Å². The molecule has 6 heteroatoms. The van der Waals surface area contributed by atoms with Gasteiger partial charge in [-0.25, -0.2) is 9.97 Å². The molecule has 0 atom stereocenters. The van der Waals surface area contributed by atoms with Gasteiger partial charge < -0.3 is 0 Å². The Balaban J connectivity index is 2.23. The lowest BCUT2D eigenvalue weighted by Gasteiger charge is -1.97. The molecule has 2 aromatic rings. The van der Waals surface area contributed by atoms with E-state index < -0.39 is 0 Å². The van der Waals surface area contributed by atoms with E-state index in [1.54, 1.807) is 6.20 Å². The van der Waals surface area contributed by atoms with Gasteiger partial charge in [-0.05, 0) is 58.3 Å². The maximum absolute atomic E-state index is 4.26. The summed E-state index contributed by atoms with van der Waals surface area (Å²) in [6.45, 7) is 1.88. The second-order valence-corrected chi connectivity index (χ2v) is 5.34. The Morgan fingerprint density at radius 3 is 3.00 bits per heavy atom. The zero-order valence-electron chi connectivity index (χ0n) is 7.27. The fraction of sp³-hybridized carbons (Fsp3) is 0.125. The summed E-state index contributed by atoms with van der Waals surface area (Å²) >= 11 is 6.35. The quantitative estimate of drug-likeness (QED) is 0.851. The molecule has 0 aliphatic rings. The number of rotatable bonds is 2. The minimum atomic E-state index is 0.810. The van der Waals surface area contributed by atoms with Crippen molar-refractivity contribution in [2.45, 2.75) is 16.3 Å². The molecule has 72 valence electrons. The first-order valence-corrected chi connectivity index (χ1v) is 6.22. The first kappa shape index (κ1) is 10.1. The van der Waals surface area contributed by atoms with Crippen LogP contribution in [-0.4, -0.2) is 14.3 Å². The molecule has 2 heterocycles. The molecule has 3 nitrogen and oxygen atoms in total. The molecule has 0 aromatic carbocycles. The Hall–Kier alpha value is -0.460. The van der Waals surface area contributed by atoms with Crippen molar-refractivity contribution in [3.05, 3.63) is 28.6 Å². The monoisotopic (exact) mass is 287 g/mol. The van der Waals surface area contributed by atoms with Crippen molar-refractivity contribution in [3.63, 3.8) is 0 Å². The van der Waals surface area contributed by atoms with Crippen LogP contribution < -0.4 is 0 Å². The number of hydrogen-bond donors (Lipinski definition) is 0. The third-order valence-corrected chi connectivity index (χ3v) is 4.18. The highest BCUT2D eigenvalue weighted by molar-refractivity contribution is 9.10. The van der Waals surface area contributed by atoms with Crippen molar-refractivity contribution in [3.8, 4) is 0 Å². The summed E-state index contributed by atoms with van der Waals surface area (Å²) < 4.78 is 6.01. The van der Waals surface area contributed by atoms with Crippen LogP contribution in [0.2, 0.25) is 0 Å². The van der Waals surface area contributed by atoms with Crippen LogP contribution in [0.25, 0.3) is 0 Å². The van der Waals surface area contributed by atoms with Crippen LogP contribution in [0.3, 0.4) is 0 Å². The Morgan fingerprint density at radius 1 is 1.50 bits per heavy atom. The Kier molecular flexibility index (Phi) is 3.15. The Bertz CT molecular complexity index is 444. The highest BCUT2D eigenvalue weighted by Gasteiger charge is 2.06. The predicted octanol–water partition coefficient (Wildman–Crippen LogP) is 3.16. The van der Waals surface area contributed by atoms with Gasteiger partial charge in [0.1, 0.15) is 10.9 Å². The maximum atomic E-state index is 4.26. The molecule has 2 aromatic heterocycles. The van der Waals surface area contributed by atoms with Crippen LogP contribution in [-0.2, 0) is 0 Å². The van der Waals surface area contributed by atoms with E-state index in [1.165, 1.54) is 23.3 Å². The molecular weight excluding hydrogens is 282 g/mol. The lowest BCUT2D eigenvalue weighted by molar-refractivity contribution is 1.08. The minimum Gasteiger partial charge on any atom is -0.248 e. The first-order valence-electron chi connectivity index (χ1n) is 3.84. The smallest absolute Gasteiger partial charge is 0.176 e.